The number of carbonyl (C=O) groups excluding carboxylic acids is 1. The maximum Gasteiger partial charge on any atom is 0.230 e. The molecular weight excluding hydrogens is 236 g/mol. The number of hydrogen-bond donors (Lipinski definition) is 1. The van der Waals surface area contributed by atoms with Gasteiger partial charge in [-0.1, -0.05) is 30.0 Å². The Labute approximate surface area is 103 Å². The van der Waals surface area contributed by atoms with Crippen LogP contribution in [0.4, 0.5) is 0 Å². The Hall–Kier alpha value is -1.82. The molecule has 0 aliphatic heterocycles. The van der Waals surface area contributed by atoms with E-state index in [1.54, 1.807) is 13.3 Å². The predicted molar refractivity (Wildman–Crippen MR) is 65.9 cm³/mol. The van der Waals surface area contributed by atoms with Crippen LogP contribution >= 0.6 is 11.8 Å². The number of hydrogen-bond acceptors (Lipinski definition) is 4. The second-order valence-corrected chi connectivity index (χ2v) is 4.79. The van der Waals surface area contributed by atoms with E-state index in [2.05, 4.69) is 10.2 Å². The van der Waals surface area contributed by atoms with Crippen LogP contribution < -0.4 is 5.73 Å². The molecule has 0 fully saturated rings. The number of nitrogens with two attached hydrogens (primary N) is 1. The summed E-state index contributed by atoms with van der Waals surface area (Å²) in [6.45, 7) is 1.75. The molecule has 1 heterocycles. The van der Waals surface area contributed by atoms with Gasteiger partial charge in [-0.05, 0) is 19.1 Å². The summed E-state index contributed by atoms with van der Waals surface area (Å²) < 4.78 is 1.82. The van der Waals surface area contributed by atoms with E-state index >= 15 is 0 Å². The molecule has 0 bridgehead atoms. The van der Waals surface area contributed by atoms with Crippen LogP contribution in [0.1, 0.15) is 6.92 Å². The number of nitrogens with zero attached hydrogens (tertiary/aromatic N) is 3. The van der Waals surface area contributed by atoms with Gasteiger partial charge in [0.2, 0.25) is 5.91 Å². The van der Waals surface area contributed by atoms with Gasteiger partial charge in [-0.25, -0.2) is 0 Å². The first-order chi connectivity index (χ1) is 8.18. The lowest BCUT2D eigenvalue weighted by atomic mass is 10.3. The predicted octanol–water partition coefficient (Wildman–Crippen LogP) is 1.23. The van der Waals surface area contributed by atoms with E-state index in [0.717, 1.165) is 5.69 Å². The number of amides is 1. The van der Waals surface area contributed by atoms with Crippen molar-refractivity contribution in [3.8, 4) is 5.69 Å². The first-order valence-corrected chi connectivity index (χ1v) is 5.98. The number of aromatic nitrogens is 3. The third kappa shape index (κ3) is 2.65. The van der Waals surface area contributed by atoms with E-state index in [1.807, 2.05) is 34.9 Å². The lowest BCUT2D eigenvalue weighted by Gasteiger charge is -2.08. The SMILES string of the molecule is C[C@@H](Sc1nncn1-c1ccccc1)C(N)=O. The highest BCUT2D eigenvalue weighted by Gasteiger charge is 2.15. The third-order valence-electron chi connectivity index (χ3n) is 2.23. The Morgan fingerprint density at radius 2 is 2.12 bits per heavy atom. The molecule has 5 nitrogen and oxygen atoms in total. The molecule has 0 aliphatic rings. The molecule has 1 atom stereocenters. The summed E-state index contributed by atoms with van der Waals surface area (Å²) >= 11 is 1.29. The minimum Gasteiger partial charge on any atom is -0.369 e. The summed E-state index contributed by atoms with van der Waals surface area (Å²) in [5.41, 5.74) is 6.18. The number of carbonyl (C=O) groups is 1. The molecule has 2 N–H and O–H groups in total. The fraction of sp³-hybridized carbons (Fsp3) is 0.182. The van der Waals surface area contributed by atoms with E-state index in [1.165, 1.54) is 11.8 Å². The summed E-state index contributed by atoms with van der Waals surface area (Å²) in [6.07, 6.45) is 1.62. The fourth-order valence-electron chi connectivity index (χ4n) is 1.29. The first kappa shape index (κ1) is 11.7. The molecule has 0 spiro atoms. The molecule has 1 aromatic heterocycles. The Balaban J connectivity index is 2.26. The number of benzene rings is 1. The topological polar surface area (TPSA) is 73.8 Å². The zero-order valence-electron chi connectivity index (χ0n) is 9.28. The van der Waals surface area contributed by atoms with E-state index in [0.29, 0.717) is 5.16 Å². The van der Waals surface area contributed by atoms with Crippen LogP contribution in [0.15, 0.2) is 41.8 Å². The van der Waals surface area contributed by atoms with E-state index in [-0.39, 0.29) is 11.2 Å². The second kappa shape index (κ2) is 5.01. The Bertz CT molecular complexity index is 511. The highest BCUT2D eigenvalue weighted by atomic mass is 32.2. The quantitative estimate of drug-likeness (QED) is 0.826. The van der Waals surface area contributed by atoms with Gasteiger partial charge in [-0.15, -0.1) is 10.2 Å². The maximum atomic E-state index is 11.0. The maximum absolute atomic E-state index is 11.0. The molecule has 1 aromatic carbocycles. The summed E-state index contributed by atoms with van der Waals surface area (Å²) in [4.78, 5) is 11.0. The zero-order valence-corrected chi connectivity index (χ0v) is 10.1. The summed E-state index contributed by atoms with van der Waals surface area (Å²) in [7, 11) is 0. The average molecular weight is 248 g/mol. The van der Waals surface area contributed by atoms with Crippen molar-refractivity contribution in [2.45, 2.75) is 17.3 Å². The van der Waals surface area contributed by atoms with Gasteiger partial charge in [-0.3, -0.25) is 9.36 Å². The molecule has 0 unspecified atom stereocenters. The number of thioether (sulfide) groups is 1. The molecule has 1 amide bonds. The van der Waals surface area contributed by atoms with Gasteiger partial charge in [0.1, 0.15) is 6.33 Å². The highest BCUT2D eigenvalue weighted by Crippen LogP contribution is 2.23. The molecule has 0 radical (unpaired) electrons. The summed E-state index contributed by atoms with van der Waals surface area (Å²) in [6, 6.07) is 9.69. The smallest absolute Gasteiger partial charge is 0.230 e. The van der Waals surface area contributed by atoms with Crippen LogP contribution in [0.5, 0.6) is 0 Å². The monoisotopic (exact) mass is 248 g/mol. The highest BCUT2D eigenvalue weighted by molar-refractivity contribution is 8.00. The minimum atomic E-state index is -0.363. The van der Waals surface area contributed by atoms with Crippen molar-refractivity contribution in [3.63, 3.8) is 0 Å². The van der Waals surface area contributed by atoms with Gasteiger partial charge in [0.15, 0.2) is 5.16 Å². The fourth-order valence-corrected chi connectivity index (χ4v) is 2.08. The van der Waals surface area contributed by atoms with Crippen LogP contribution in [-0.2, 0) is 4.79 Å². The standard InChI is InChI=1S/C11H12N4OS/c1-8(10(12)16)17-11-14-13-7-15(11)9-5-3-2-4-6-9/h2-8H,1H3,(H2,12,16)/t8-/m1/s1. The van der Waals surface area contributed by atoms with Gasteiger partial charge in [0, 0.05) is 5.69 Å². The number of para-hydroxylation sites is 1. The van der Waals surface area contributed by atoms with Crippen molar-refractivity contribution < 1.29 is 4.79 Å². The van der Waals surface area contributed by atoms with Crippen molar-refractivity contribution in [1.29, 1.82) is 0 Å². The van der Waals surface area contributed by atoms with Crippen LogP contribution in [0.3, 0.4) is 0 Å². The lowest BCUT2D eigenvalue weighted by molar-refractivity contribution is -0.117. The molecule has 0 saturated heterocycles. The Morgan fingerprint density at radius 1 is 1.41 bits per heavy atom. The van der Waals surface area contributed by atoms with Crippen LogP contribution in [-0.4, -0.2) is 25.9 Å². The van der Waals surface area contributed by atoms with Gasteiger partial charge in [0.05, 0.1) is 5.25 Å². The van der Waals surface area contributed by atoms with E-state index < -0.39 is 0 Å². The van der Waals surface area contributed by atoms with Crippen molar-refractivity contribution in [2.75, 3.05) is 0 Å². The van der Waals surface area contributed by atoms with E-state index in [4.69, 9.17) is 5.73 Å². The normalized spacial score (nSPS) is 12.3. The lowest BCUT2D eigenvalue weighted by Crippen LogP contribution is -2.22. The second-order valence-electron chi connectivity index (χ2n) is 3.48. The van der Waals surface area contributed by atoms with E-state index in [9.17, 15) is 4.79 Å². The molecule has 0 saturated carbocycles. The zero-order chi connectivity index (χ0) is 12.3. The molecule has 0 aliphatic carbocycles. The Morgan fingerprint density at radius 3 is 2.76 bits per heavy atom. The first-order valence-electron chi connectivity index (χ1n) is 5.10. The van der Waals surface area contributed by atoms with Crippen molar-refractivity contribution in [2.24, 2.45) is 5.73 Å². The van der Waals surface area contributed by atoms with Crippen molar-refractivity contribution in [3.05, 3.63) is 36.7 Å². The van der Waals surface area contributed by atoms with Gasteiger partial charge in [-0.2, -0.15) is 0 Å². The van der Waals surface area contributed by atoms with Gasteiger partial charge in [0.25, 0.3) is 0 Å². The third-order valence-corrected chi connectivity index (χ3v) is 3.31. The van der Waals surface area contributed by atoms with Crippen LogP contribution in [0.2, 0.25) is 0 Å². The minimum absolute atomic E-state index is 0.332. The Kier molecular flexibility index (Phi) is 3.43. The molecular formula is C11H12N4OS. The number of primary amides is 1. The van der Waals surface area contributed by atoms with Gasteiger partial charge < -0.3 is 5.73 Å². The molecule has 17 heavy (non-hydrogen) atoms. The number of rotatable bonds is 4. The summed E-state index contributed by atoms with van der Waals surface area (Å²) in [5, 5.41) is 8.16. The summed E-state index contributed by atoms with van der Waals surface area (Å²) in [5.74, 6) is -0.363. The molecule has 6 heteroatoms. The van der Waals surface area contributed by atoms with Gasteiger partial charge >= 0.3 is 0 Å². The van der Waals surface area contributed by atoms with Crippen molar-refractivity contribution in [1.82, 2.24) is 14.8 Å². The molecule has 88 valence electrons. The van der Waals surface area contributed by atoms with Crippen LogP contribution in [0, 0.1) is 0 Å². The molecule has 2 rings (SSSR count). The largest absolute Gasteiger partial charge is 0.369 e. The average Bonchev–Trinajstić information content (AvgIpc) is 2.78. The molecule has 2 aromatic rings. The van der Waals surface area contributed by atoms with Crippen molar-refractivity contribution >= 4 is 17.7 Å². The van der Waals surface area contributed by atoms with Crippen LogP contribution in [0.25, 0.3) is 5.69 Å².